The van der Waals surface area contributed by atoms with Crippen LogP contribution in [0.5, 0.6) is 0 Å². The number of aliphatic hydroxyl groups is 1. The highest BCUT2D eigenvalue weighted by Crippen LogP contribution is 2.28. The number of rotatable bonds is 5. The van der Waals surface area contributed by atoms with Crippen LogP contribution in [0.2, 0.25) is 0 Å². The largest absolute Gasteiger partial charge is 0.389 e. The van der Waals surface area contributed by atoms with Gasteiger partial charge in [0.25, 0.3) is 0 Å². The minimum Gasteiger partial charge on any atom is -0.389 e. The number of pyridine rings is 1. The first-order chi connectivity index (χ1) is 10.2. The Balaban J connectivity index is 2.39. The van der Waals surface area contributed by atoms with Crippen molar-refractivity contribution in [2.24, 2.45) is 0 Å². The summed E-state index contributed by atoms with van der Waals surface area (Å²) in [6.45, 7) is 5.20. The first kappa shape index (κ1) is 15.0. The number of anilines is 1. The molecule has 2 rings (SSSR count). The van der Waals surface area contributed by atoms with E-state index in [4.69, 9.17) is 5.26 Å². The molecule has 0 amide bonds. The van der Waals surface area contributed by atoms with E-state index in [-0.39, 0.29) is 0 Å². The second-order valence-electron chi connectivity index (χ2n) is 4.90. The van der Waals surface area contributed by atoms with Gasteiger partial charge < -0.3 is 10.0 Å². The van der Waals surface area contributed by atoms with Gasteiger partial charge in [0.2, 0.25) is 0 Å². The zero-order chi connectivity index (χ0) is 15.2. The lowest BCUT2D eigenvalue weighted by Gasteiger charge is -2.26. The van der Waals surface area contributed by atoms with E-state index in [0.29, 0.717) is 12.1 Å². The molecule has 1 atom stereocenters. The lowest BCUT2D eigenvalue weighted by molar-refractivity contribution is 0.199. The summed E-state index contributed by atoms with van der Waals surface area (Å²) in [7, 11) is 0. The van der Waals surface area contributed by atoms with E-state index in [9.17, 15) is 5.11 Å². The van der Waals surface area contributed by atoms with E-state index in [1.165, 1.54) is 0 Å². The van der Waals surface area contributed by atoms with E-state index in [2.05, 4.69) is 16.0 Å². The van der Waals surface area contributed by atoms with E-state index in [1.807, 2.05) is 37.3 Å². The molecule has 4 heteroatoms. The predicted octanol–water partition coefficient (Wildman–Crippen LogP) is 3.03. The summed E-state index contributed by atoms with van der Waals surface area (Å²) in [5.41, 5.74) is 3.26. The summed E-state index contributed by atoms with van der Waals surface area (Å²) in [6, 6.07) is 13.3. The monoisotopic (exact) mass is 281 g/mol. The smallest absolute Gasteiger partial charge is 0.0992 e. The third kappa shape index (κ3) is 3.59. The van der Waals surface area contributed by atoms with E-state index in [0.717, 1.165) is 23.5 Å². The molecule has 1 aromatic heterocycles. The van der Waals surface area contributed by atoms with Gasteiger partial charge >= 0.3 is 0 Å². The summed E-state index contributed by atoms with van der Waals surface area (Å²) in [5, 5.41) is 19.0. The second-order valence-corrected chi connectivity index (χ2v) is 4.90. The van der Waals surface area contributed by atoms with E-state index in [1.54, 1.807) is 19.2 Å². The van der Waals surface area contributed by atoms with E-state index >= 15 is 0 Å². The van der Waals surface area contributed by atoms with Crippen molar-refractivity contribution in [2.45, 2.75) is 26.5 Å². The number of aromatic nitrogens is 1. The standard InChI is InChI=1S/C17H19N3O/c1-3-20(12-15-6-4-5-9-19-15)17-10-14(11-18)7-8-16(17)13(2)21/h4-10,13,21H,3,12H2,1-2H3/t13-/m0/s1. The number of benzene rings is 1. The number of hydrogen-bond acceptors (Lipinski definition) is 4. The van der Waals surface area contributed by atoms with Crippen LogP contribution < -0.4 is 4.90 Å². The Morgan fingerprint density at radius 1 is 1.33 bits per heavy atom. The fourth-order valence-corrected chi connectivity index (χ4v) is 2.29. The summed E-state index contributed by atoms with van der Waals surface area (Å²) in [4.78, 5) is 6.46. The van der Waals surface area contributed by atoms with Gasteiger partial charge in [-0.25, -0.2) is 0 Å². The fraction of sp³-hybridized carbons (Fsp3) is 0.294. The Labute approximate surface area is 125 Å². The van der Waals surface area contributed by atoms with Crippen LogP contribution in [0.15, 0.2) is 42.6 Å². The molecule has 1 aromatic carbocycles. The van der Waals surface area contributed by atoms with Gasteiger partial charge in [0, 0.05) is 24.0 Å². The molecule has 0 spiro atoms. The average Bonchev–Trinajstić information content (AvgIpc) is 2.52. The van der Waals surface area contributed by atoms with Crippen molar-refractivity contribution < 1.29 is 5.11 Å². The maximum Gasteiger partial charge on any atom is 0.0992 e. The Hall–Kier alpha value is -2.38. The van der Waals surface area contributed by atoms with Crippen molar-refractivity contribution in [2.75, 3.05) is 11.4 Å². The van der Waals surface area contributed by atoms with Crippen LogP contribution in [0, 0.1) is 11.3 Å². The maximum absolute atomic E-state index is 9.95. The van der Waals surface area contributed by atoms with Crippen LogP contribution >= 0.6 is 0 Å². The second kappa shape index (κ2) is 6.87. The predicted molar refractivity (Wildman–Crippen MR) is 82.8 cm³/mol. The molecular weight excluding hydrogens is 262 g/mol. The van der Waals surface area contributed by atoms with Gasteiger partial charge in [0.1, 0.15) is 0 Å². The molecular formula is C17H19N3O. The summed E-state index contributed by atoms with van der Waals surface area (Å²) in [5.74, 6) is 0. The van der Waals surface area contributed by atoms with Crippen LogP contribution in [-0.2, 0) is 6.54 Å². The van der Waals surface area contributed by atoms with Gasteiger partial charge in [0.15, 0.2) is 0 Å². The van der Waals surface area contributed by atoms with Crippen LogP contribution in [0.25, 0.3) is 0 Å². The third-order valence-corrected chi connectivity index (χ3v) is 3.41. The Kier molecular flexibility index (Phi) is 4.91. The van der Waals surface area contributed by atoms with Crippen LogP contribution in [0.4, 0.5) is 5.69 Å². The van der Waals surface area contributed by atoms with Crippen molar-refractivity contribution in [1.82, 2.24) is 4.98 Å². The normalized spacial score (nSPS) is 11.7. The van der Waals surface area contributed by atoms with Crippen molar-refractivity contribution in [3.8, 4) is 6.07 Å². The van der Waals surface area contributed by atoms with Gasteiger partial charge in [-0.2, -0.15) is 5.26 Å². The molecule has 21 heavy (non-hydrogen) atoms. The molecule has 2 aromatic rings. The zero-order valence-electron chi connectivity index (χ0n) is 12.3. The minimum atomic E-state index is -0.578. The van der Waals surface area contributed by atoms with Gasteiger partial charge in [-0.15, -0.1) is 0 Å². The molecule has 0 aliphatic carbocycles. The highest BCUT2D eigenvalue weighted by molar-refractivity contribution is 5.58. The molecule has 0 bridgehead atoms. The molecule has 0 radical (unpaired) electrons. The van der Waals surface area contributed by atoms with Crippen LogP contribution in [0.1, 0.15) is 36.8 Å². The minimum absolute atomic E-state index is 0.578. The highest BCUT2D eigenvalue weighted by Gasteiger charge is 2.15. The van der Waals surface area contributed by atoms with Crippen LogP contribution in [-0.4, -0.2) is 16.6 Å². The quantitative estimate of drug-likeness (QED) is 0.915. The molecule has 0 aliphatic heterocycles. The number of aliphatic hydroxyl groups excluding tert-OH is 1. The first-order valence-corrected chi connectivity index (χ1v) is 7.02. The van der Waals surface area contributed by atoms with Gasteiger partial charge in [0.05, 0.1) is 30.0 Å². The number of hydrogen-bond donors (Lipinski definition) is 1. The van der Waals surface area contributed by atoms with Gasteiger partial charge in [-0.05, 0) is 38.1 Å². The van der Waals surface area contributed by atoms with Crippen molar-refractivity contribution in [1.29, 1.82) is 5.26 Å². The molecule has 108 valence electrons. The molecule has 0 saturated heterocycles. The molecule has 0 fully saturated rings. The number of nitriles is 1. The van der Waals surface area contributed by atoms with Gasteiger partial charge in [-0.3, -0.25) is 4.98 Å². The van der Waals surface area contributed by atoms with Crippen molar-refractivity contribution in [3.63, 3.8) is 0 Å². The SMILES string of the molecule is CCN(Cc1ccccn1)c1cc(C#N)ccc1[C@H](C)O. The van der Waals surface area contributed by atoms with Crippen molar-refractivity contribution >= 4 is 5.69 Å². The summed E-state index contributed by atoms with van der Waals surface area (Å²) in [6.07, 6.45) is 1.19. The lowest BCUT2D eigenvalue weighted by atomic mass is 10.0. The molecule has 4 nitrogen and oxygen atoms in total. The Bertz CT molecular complexity index is 632. The molecule has 0 aliphatic rings. The molecule has 1 N–H and O–H groups in total. The third-order valence-electron chi connectivity index (χ3n) is 3.41. The molecule has 0 unspecified atom stereocenters. The highest BCUT2D eigenvalue weighted by atomic mass is 16.3. The lowest BCUT2D eigenvalue weighted by Crippen LogP contribution is -2.24. The van der Waals surface area contributed by atoms with Gasteiger partial charge in [-0.1, -0.05) is 12.1 Å². The molecule has 1 heterocycles. The average molecular weight is 281 g/mol. The fourth-order valence-electron chi connectivity index (χ4n) is 2.29. The Morgan fingerprint density at radius 2 is 2.14 bits per heavy atom. The topological polar surface area (TPSA) is 60.2 Å². The zero-order valence-corrected chi connectivity index (χ0v) is 12.3. The molecule has 0 saturated carbocycles. The van der Waals surface area contributed by atoms with Crippen LogP contribution in [0.3, 0.4) is 0 Å². The maximum atomic E-state index is 9.95. The first-order valence-electron chi connectivity index (χ1n) is 7.02. The summed E-state index contributed by atoms with van der Waals surface area (Å²) >= 11 is 0. The summed E-state index contributed by atoms with van der Waals surface area (Å²) < 4.78 is 0. The Morgan fingerprint density at radius 3 is 2.71 bits per heavy atom. The van der Waals surface area contributed by atoms with Crippen molar-refractivity contribution in [3.05, 3.63) is 59.4 Å². The van der Waals surface area contributed by atoms with E-state index < -0.39 is 6.10 Å². The number of nitrogens with zero attached hydrogens (tertiary/aromatic N) is 3.